The second-order valence-corrected chi connectivity index (χ2v) is 10.2. The summed E-state index contributed by atoms with van der Waals surface area (Å²) in [5, 5.41) is 3.45. The number of nitrogens with two attached hydrogens (primary N) is 1. The molecule has 2 aromatic carbocycles. The number of rotatable bonds is 4. The fourth-order valence-electron chi connectivity index (χ4n) is 5.16. The Balaban J connectivity index is 1.25. The van der Waals surface area contributed by atoms with Crippen molar-refractivity contribution in [2.24, 2.45) is 0 Å². The number of carbonyl (C=O) groups is 1. The molecule has 0 atom stereocenters. The van der Waals surface area contributed by atoms with Crippen molar-refractivity contribution >= 4 is 44.5 Å². The van der Waals surface area contributed by atoms with Gasteiger partial charge in [-0.05, 0) is 61.3 Å². The third-order valence-electron chi connectivity index (χ3n) is 6.95. The molecule has 0 spiro atoms. The zero-order valence-electron chi connectivity index (χ0n) is 18.9. The van der Waals surface area contributed by atoms with Gasteiger partial charge >= 0.3 is 0 Å². The zero-order valence-corrected chi connectivity index (χ0v) is 19.7. The van der Waals surface area contributed by atoms with E-state index >= 15 is 0 Å². The van der Waals surface area contributed by atoms with Gasteiger partial charge in [-0.25, -0.2) is 4.98 Å². The zero-order chi connectivity index (χ0) is 24.3. The highest BCUT2D eigenvalue weighted by Gasteiger charge is 2.28. The Morgan fingerprint density at radius 2 is 1.97 bits per heavy atom. The van der Waals surface area contributed by atoms with Gasteiger partial charge in [-0.2, -0.15) is 0 Å². The molecule has 1 amide bonds. The first-order chi connectivity index (χ1) is 16.9. The first kappa shape index (κ1) is 21.7. The molecule has 0 fully saturated rings. The molecule has 6 rings (SSSR count). The van der Waals surface area contributed by atoms with E-state index < -0.39 is 16.8 Å². The summed E-state index contributed by atoms with van der Waals surface area (Å²) in [5.74, 6) is -0.466. The molecule has 178 valence electrons. The molecule has 1 aliphatic heterocycles. The van der Waals surface area contributed by atoms with Crippen molar-refractivity contribution in [1.29, 1.82) is 0 Å². The number of aryl methyl sites for hydroxylation is 3. The molecule has 0 bridgehead atoms. The number of aromatic amines is 1. The van der Waals surface area contributed by atoms with Crippen molar-refractivity contribution in [1.82, 2.24) is 15.3 Å². The highest BCUT2D eigenvalue weighted by Crippen LogP contribution is 2.35. The molecule has 0 radical (unpaired) electrons. The van der Waals surface area contributed by atoms with E-state index in [0.717, 1.165) is 60.9 Å². The van der Waals surface area contributed by atoms with E-state index in [4.69, 9.17) is 5.73 Å². The lowest BCUT2D eigenvalue weighted by Gasteiger charge is -2.27. The van der Waals surface area contributed by atoms with Crippen molar-refractivity contribution in [2.45, 2.75) is 45.1 Å². The normalized spacial score (nSPS) is 15.3. The average Bonchev–Trinajstić information content (AvgIpc) is 3.39. The van der Waals surface area contributed by atoms with Gasteiger partial charge in [0.15, 0.2) is 0 Å². The van der Waals surface area contributed by atoms with Crippen molar-refractivity contribution in [3.63, 3.8) is 0 Å². The molecule has 3 heterocycles. The van der Waals surface area contributed by atoms with E-state index in [1.54, 1.807) is 0 Å². The van der Waals surface area contributed by atoms with Gasteiger partial charge < -0.3 is 20.9 Å². The molecule has 2 aromatic heterocycles. The lowest BCUT2D eigenvalue weighted by Crippen LogP contribution is -2.41. The molecule has 0 unspecified atom stereocenters. The van der Waals surface area contributed by atoms with Crippen LogP contribution in [0.1, 0.15) is 51.4 Å². The molecular weight excluding hydrogens is 466 g/mol. The Bertz CT molecular complexity index is 1640. The van der Waals surface area contributed by atoms with Crippen LogP contribution in [-0.4, -0.2) is 22.4 Å². The Labute approximate surface area is 203 Å². The minimum absolute atomic E-state index is 0.00434. The Hall–Kier alpha value is -3.79. The number of thiophene rings is 1. The summed E-state index contributed by atoms with van der Waals surface area (Å²) in [7, 11) is 0. The number of anilines is 3. The third kappa shape index (κ3) is 3.47. The maximum absolute atomic E-state index is 12.8. The van der Waals surface area contributed by atoms with Crippen LogP contribution in [0.4, 0.5) is 17.1 Å². The summed E-state index contributed by atoms with van der Waals surface area (Å²) in [4.78, 5) is 60.1. The summed E-state index contributed by atoms with van der Waals surface area (Å²) in [6.45, 7) is 0.803. The van der Waals surface area contributed by atoms with Gasteiger partial charge in [-0.1, -0.05) is 12.1 Å². The SMILES string of the molecule is Nc1c(N2CCCCc3ccc(CNC(=O)c4nc5sc6c(c5c(=O)[nH]4)CCC6)cc32)c(=O)c1=O. The minimum Gasteiger partial charge on any atom is -0.394 e. The molecule has 4 N–H and O–H groups in total. The van der Waals surface area contributed by atoms with Crippen LogP contribution in [0.25, 0.3) is 10.2 Å². The van der Waals surface area contributed by atoms with E-state index in [1.165, 1.54) is 16.2 Å². The number of fused-ring (bicyclic) bond motifs is 4. The number of amides is 1. The first-order valence-electron chi connectivity index (χ1n) is 11.7. The molecule has 2 aliphatic rings. The monoisotopic (exact) mass is 489 g/mol. The predicted octanol–water partition coefficient (Wildman–Crippen LogP) is 2.06. The topological polar surface area (TPSA) is 138 Å². The number of hydrogen-bond acceptors (Lipinski definition) is 8. The number of benzene rings is 1. The third-order valence-corrected chi connectivity index (χ3v) is 8.14. The lowest BCUT2D eigenvalue weighted by atomic mass is 10.0. The van der Waals surface area contributed by atoms with Crippen LogP contribution in [0.2, 0.25) is 0 Å². The van der Waals surface area contributed by atoms with Crippen LogP contribution >= 0.6 is 11.3 Å². The standard InChI is InChI=1S/C25H23N5O4S/c26-18-19(21(32)20(18)31)30-9-2-1-4-13-8-7-12(10-15(13)30)11-27-24(34)22-28-23(33)17-14-5-3-6-16(14)35-25(17)29-22/h7-8,10H,1-6,9,11,26H2,(H,27,34)(H,28,29,33). The average molecular weight is 490 g/mol. The van der Waals surface area contributed by atoms with Crippen molar-refractivity contribution in [2.75, 3.05) is 17.2 Å². The van der Waals surface area contributed by atoms with Gasteiger partial charge in [0.1, 0.15) is 16.2 Å². The van der Waals surface area contributed by atoms with E-state index in [-0.39, 0.29) is 29.3 Å². The van der Waals surface area contributed by atoms with Gasteiger partial charge in [-0.3, -0.25) is 19.2 Å². The number of nitrogens with one attached hydrogen (secondary N) is 2. The van der Waals surface area contributed by atoms with Crippen molar-refractivity contribution in [3.8, 4) is 0 Å². The van der Waals surface area contributed by atoms with Crippen LogP contribution < -0.4 is 32.4 Å². The van der Waals surface area contributed by atoms with Crippen LogP contribution in [0.5, 0.6) is 0 Å². The molecular formula is C25H23N5O4S. The maximum atomic E-state index is 12.8. The first-order valence-corrected chi connectivity index (χ1v) is 12.5. The predicted molar refractivity (Wildman–Crippen MR) is 136 cm³/mol. The minimum atomic E-state index is -0.636. The summed E-state index contributed by atoms with van der Waals surface area (Å²) in [6, 6.07) is 5.83. The number of H-pyrrole nitrogens is 1. The quantitative estimate of drug-likeness (QED) is 0.373. The van der Waals surface area contributed by atoms with Crippen molar-refractivity contribution in [3.05, 3.63) is 76.4 Å². The van der Waals surface area contributed by atoms with Gasteiger partial charge in [-0.15, -0.1) is 11.3 Å². The highest BCUT2D eigenvalue weighted by molar-refractivity contribution is 7.18. The van der Waals surface area contributed by atoms with Crippen LogP contribution in [0.3, 0.4) is 0 Å². The van der Waals surface area contributed by atoms with Crippen molar-refractivity contribution < 1.29 is 4.79 Å². The second kappa shape index (κ2) is 8.16. The van der Waals surface area contributed by atoms with E-state index in [2.05, 4.69) is 15.3 Å². The van der Waals surface area contributed by atoms with Gasteiger partial charge in [0.25, 0.3) is 22.3 Å². The molecule has 9 nitrogen and oxygen atoms in total. The largest absolute Gasteiger partial charge is 0.394 e. The second-order valence-electron chi connectivity index (χ2n) is 9.13. The molecule has 1 aliphatic carbocycles. The van der Waals surface area contributed by atoms with E-state index in [0.29, 0.717) is 16.8 Å². The highest BCUT2D eigenvalue weighted by atomic mass is 32.1. The Morgan fingerprint density at radius 3 is 2.80 bits per heavy atom. The molecule has 0 saturated heterocycles. The van der Waals surface area contributed by atoms with E-state index in [1.807, 2.05) is 23.1 Å². The summed E-state index contributed by atoms with van der Waals surface area (Å²) < 4.78 is 0. The fraction of sp³-hybridized carbons (Fsp3) is 0.320. The number of carbonyl (C=O) groups excluding carboxylic acids is 1. The number of hydrogen-bond donors (Lipinski definition) is 3. The van der Waals surface area contributed by atoms with Crippen LogP contribution in [-0.2, 0) is 25.8 Å². The molecule has 10 heteroatoms. The Morgan fingerprint density at radius 1 is 1.11 bits per heavy atom. The smallest absolute Gasteiger partial charge is 0.287 e. The number of nitrogens with zero attached hydrogens (tertiary/aromatic N) is 2. The van der Waals surface area contributed by atoms with E-state index in [9.17, 15) is 19.2 Å². The van der Waals surface area contributed by atoms with Crippen LogP contribution in [0, 0.1) is 0 Å². The van der Waals surface area contributed by atoms with Gasteiger partial charge in [0.2, 0.25) is 5.82 Å². The maximum Gasteiger partial charge on any atom is 0.287 e. The van der Waals surface area contributed by atoms with Crippen LogP contribution in [0.15, 0.2) is 32.6 Å². The molecule has 0 saturated carbocycles. The summed E-state index contributed by atoms with van der Waals surface area (Å²) in [6.07, 6.45) is 5.56. The Kier molecular flexibility index (Phi) is 5.06. The summed E-state index contributed by atoms with van der Waals surface area (Å²) in [5.41, 5.74) is 8.43. The lowest BCUT2D eigenvalue weighted by molar-refractivity contribution is 0.0940. The van der Waals surface area contributed by atoms with Gasteiger partial charge in [0.05, 0.1) is 5.39 Å². The summed E-state index contributed by atoms with van der Waals surface area (Å²) >= 11 is 1.49. The fourth-order valence-corrected chi connectivity index (χ4v) is 6.42. The number of nitrogen functional groups attached to an aromatic ring is 1. The van der Waals surface area contributed by atoms with Gasteiger partial charge in [0, 0.05) is 23.7 Å². The number of aromatic nitrogens is 2. The molecule has 35 heavy (non-hydrogen) atoms. The molecule has 4 aromatic rings.